The number of aromatic nitrogens is 3. The van der Waals surface area contributed by atoms with Crippen molar-refractivity contribution in [3.8, 4) is 16.9 Å². The van der Waals surface area contributed by atoms with Crippen LogP contribution in [-0.4, -0.2) is 32.6 Å². The second-order valence-corrected chi connectivity index (χ2v) is 10.2. The molecule has 3 N–H and O–H groups in total. The van der Waals surface area contributed by atoms with Gasteiger partial charge in [0.1, 0.15) is 6.04 Å². The van der Waals surface area contributed by atoms with Gasteiger partial charge in [-0.3, -0.25) is 14.6 Å². The van der Waals surface area contributed by atoms with Crippen LogP contribution in [0.5, 0.6) is 0 Å². The van der Waals surface area contributed by atoms with Crippen LogP contribution in [0.3, 0.4) is 0 Å². The minimum atomic E-state index is -4.52. The Labute approximate surface area is 244 Å². The van der Waals surface area contributed by atoms with Crippen molar-refractivity contribution in [2.75, 3.05) is 0 Å². The van der Waals surface area contributed by atoms with Gasteiger partial charge in [0, 0.05) is 36.5 Å². The van der Waals surface area contributed by atoms with Crippen molar-refractivity contribution in [1.82, 2.24) is 20.1 Å². The number of nitrogens with zero attached hydrogens (tertiary/aromatic N) is 3. The number of amides is 2. The molecule has 0 saturated heterocycles. The molecular formula is C29H26Cl2F3N5O2. The molecule has 4 aromatic rings. The summed E-state index contributed by atoms with van der Waals surface area (Å²) >= 11 is 12.3. The van der Waals surface area contributed by atoms with E-state index in [1.165, 1.54) is 12.1 Å². The summed E-state index contributed by atoms with van der Waals surface area (Å²) in [6.07, 6.45) is 0.489. The molecule has 0 aliphatic rings. The van der Waals surface area contributed by atoms with Crippen LogP contribution in [0.2, 0.25) is 10.0 Å². The molecule has 7 nitrogen and oxygen atoms in total. The maximum atomic E-state index is 13.0. The lowest BCUT2D eigenvalue weighted by molar-refractivity contribution is -0.137. The molecule has 2 amide bonds. The normalized spacial score (nSPS) is 12.2. The molecule has 0 bridgehead atoms. The molecule has 12 heteroatoms. The largest absolute Gasteiger partial charge is 0.416 e. The number of hydrogen-bond acceptors (Lipinski definition) is 4. The van der Waals surface area contributed by atoms with Crippen molar-refractivity contribution in [3.63, 3.8) is 0 Å². The van der Waals surface area contributed by atoms with Crippen LogP contribution < -0.4 is 11.1 Å². The van der Waals surface area contributed by atoms with Gasteiger partial charge in [0.2, 0.25) is 11.8 Å². The highest BCUT2D eigenvalue weighted by molar-refractivity contribution is 6.42. The number of rotatable bonds is 11. The van der Waals surface area contributed by atoms with Crippen LogP contribution in [0.15, 0.2) is 73.1 Å². The van der Waals surface area contributed by atoms with Crippen LogP contribution in [0, 0.1) is 0 Å². The summed E-state index contributed by atoms with van der Waals surface area (Å²) < 4.78 is 40.9. The first-order valence-electron chi connectivity index (χ1n) is 12.7. The van der Waals surface area contributed by atoms with Crippen molar-refractivity contribution in [1.29, 1.82) is 0 Å². The third-order valence-electron chi connectivity index (χ3n) is 6.35. The zero-order valence-electron chi connectivity index (χ0n) is 21.7. The predicted molar refractivity (Wildman–Crippen MR) is 151 cm³/mol. The monoisotopic (exact) mass is 603 g/mol. The van der Waals surface area contributed by atoms with Gasteiger partial charge in [-0.05, 0) is 67.3 Å². The average Bonchev–Trinajstić information content (AvgIpc) is 3.36. The molecule has 2 aromatic carbocycles. The quantitative estimate of drug-likeness (QED) is 0.200. The molecule has 4 rings (SSSR count). The van der Waals surface area contributed by atoms with Gasteiger partial charge in [0.05, 0.1) is 27.0 Å². The number of primary amides is 1. The Bertz CT molecular complexity index is 1530. The fourth-order valence-electron chi connectivity index (χ4n) is 4.28. The number of carbonyl (C=O) groups is 2. The summed E-state index contributed by atoms with van der Waals surface area (Å²) in [5.74, 6) is -1.25. The van der Waals surface area contributed by atoms with Crippen molar-refractivity contribution < 1.29 is 22.8 Å². The Morgan fingerprint density at radius 3 is 2.49 bits per heavy atom. The zero-order chi connectivity index (χ0) is 29.6. The summed E-state index contributed by atoms with van der Waals surface area (Å²) in [5.41, 5.74) is 7.98. The van der Waals surface area contributed by atoms with Crippen LogP contribution in [-0.2, 0) is 28.6 Å². The minimum Gasteiger partial charge on any atom is -0.368 e. The molecule has 1 unspecified atom stereocenters. The summed E-state index contributed by atoms with van der Waals surface area (Å²) in [7, 11) is 0. The molecule has 1 atom stereocenters. The molecule has 41 heavy (non-hydrogen) atoms. The number of benzene rings is 2. The Morgan fingerprint density at radius 2 is 1.80 bits per heavy atom. The number of carbonyl (C=O) groups excluding carboxylic acids is 2. The van der Waals surface area contributed by atoms with E-state index in [0.717, 1.165) is 34.8 Å². The molecule has 0 radical (unpaired) electrons. The maximum Gasteiger partial charge on any atom is 0.416 e. The molecule has 2 heterocycles. The first-order chi connectivity index (χ1) is 19.5. The summed E-state index contributed by atoms with van der Waals surface area (Å²) in [4.78, 5) is 28.7. The molecule has 0 spiro atoms. The highest BCUT2D eigenvalue weighted by Crippen LogP contribution is 2.30. The highest BCUT2D eigenvalue weighted by atomic mass is 35.5. The molecule has 2 aromatic heterocycles. The van der Waals surface area contributed by atoms with Gasteiger partial charge in [-0.2, -0.15) is 18.3 Å². The Balaban J connectivity index is 1.39. The lowest BCUT2D eigenvalue weighted by atomic mass is 10.0. The van der Waals surface area contributed by atoms with Crippen LogP contribution in [0.25, 0.3) is 16.9 Å². The van der Waals surface area contributed by atoms with Gasteiger partial charge in [0.25, 0.3) is 0 Å². The third-order valence-corrected chi connectivity index (χ3v) is 7.09. The van der Waals surface area contributed by atoms with Crippen LogP contribution in [0.1, 0.15) is 36.1 Å². The first-order valence-corrected chi connectivity index (χ1v) is 13.5. The van der Waals surface area contributed by atoms with E-state index in [0.29, 0.717) is 29.3 Å². The van der Waals surface area contributed by atoms with Crippen molar-refractivity contribution >= 4 is 35.0 Å². The number of halogens is 5. The van der Waals surface area contributed by atoms with Gasteiger partial charge in [0.15, 0.2) is 0 Å². The fourth-order valence-corrected chi connectivity index (χ4v) is 4.58. The highest BCUT2D eigenvalue weighted by Gasteiger charge is 2.30. The van der Waals surface area contributed by atoms with Crippen molar-refractivity contribution in [2.24, 2.45) is 5.73 Å². The van der Waals surface area contributed by atoms with Gasteiger partial charge < -0.3 is 11.1 Å². The Hall–Kier alpha value is -3.89. The van der Waals surface area contributed by atoms with Gasteiger partial charge >= 0.3 is 6.18 Å². The summed E-state index contributed by atoms with van der Waals surface area (Å²) in [6.45, 7) is 0. The number of alkyl halides is 3. The number of nitrogens with two attached hydrogens (primary N) is 1. The van der Waals surface area contributed by atoms with Crippen molar-refractivity contribution in [2.45, 2.75) is 44.3 Å². The standard InChI is InChI=1S/C29H26Cl2F3N5O2/c30-23-11-10-22(15-24(23)31)39-21(16-25(38-39)19-6-4-12-36-17-19)8-1-2-9-27(40)37-26(28(35)41)14-18-5-3-7-20(13-18)29(32,33)34/h3-7,10-13,15-17,26H,1-2,8-9,14H2,(H2,35,41)(H,37,40). The van der Waals surface area contributed by atoms with Crippen molar-refractivity contribution in [3.05, 3.63) is 99.9 Å². The van der Waals surface area contributed by atoms with E-state index in [4.69, 9.17) is 34.0 Å². The minimum absolute atomic E-state index is 0.0999. The second kappa shape index (κ2) is 13.2. The molecular weight excluding hydrogens is 578 g/mol. The number of pyridine rings is 1. The summed E-state index contributed by atoms with van der Waals surface area (Å²) in [5, 5.41) is 8.09. The van der Waals surface area contributed by atoms with E-state index in [9.17, 15) is 22.8 Å². The molecule has 214 valence electrons. The number of hydrogen-bond donors (Lipinski definition) is 2. The lowest BCUT2D eigenvalue weighted by Crippen LogP contribution is -2.45. The third kappa shape index (κ3) is 8.08. The predicted octanol–water partition coefficient (Wildman–Crippen LogP) is 6.19. The molecule has 0 fully saturated rings. The van der Waals surface area contributed by atoms with E-state index in [2.05, 4.69) is 10.3 Å². The van der Waals surface area contributed by atoms with Crippen LogP contribution >= 0.6 is 23.2 Å². The van der Waals surface area contributed by atoms with Gasteiger partial charge in [-0.25, -0.2) is 4.68 Å². The fraction of sp³-hybridized carbons (Fsp3) is 0.241. The van der Waals surface area contributed by atoms with Crippen LogP contribution in [0.4, 0.5) is 13.2 Å². The van der Waals surface area contributed by atoms with E-state index in [1.807, 2.05) is 18.2 Å². The maximum absolute atomic E-state index is 13.0. The topological polar surface area (TPSA) is 103 Å². The number of unbranched alkanes of at least 4 members (excludes halogenated alkanes) is 1. The molecule has 0 saturated carbocycles. The SMILES string of the molecule is NC(=O)C(Cc1cccc(C(F)(F)F)c1)NC(=O)CCCCc1cc(-c2cccnc2)nn1-c1ccc(Cl)c(Cl)c1. The van der Waals surface area contributed by atoms with E-state index >= 15 is 0 Å². The number of aryl methyl sites for hydroxylation is 1. The smallest absolute Gasteiger partial charge is 0.368 e. The number of nitrogens with one attached hydrogen (secondary N) is 1. The average molecular weight is 604 g/mol. The van der Waals surface area contributed by atoms with E-state index in [1.54, 1.807) is 35.3 Å². The second-order valence-electron chi connectivity index (χ2n) is 9.40. The van der Waals surface area contributed by atoms with E-state index < -0.39 is 29.6 Å². The molecule has 0 aliphatic heterocycles. The Kier molecular flexibility index (Phi) is 9.67. The van der Waals surface area contributed by atoms with Gasteiger partial charge in [-0.1, -0.05) is 41.4 Å². The molecule has 0 aliphatic carbocycles. The lowest BCUT2D eigenvalue weighted by Gasteiger charge is -2.16. The Morgan fingerprint density at radius 1 is 1.00 bits per heavy atom. The first kappa shape index (κ1) is 30.1. The summed E-state index contributed by atoms with van der Waals surface area (Å²) in [6, 6.07) is 14.3. The van der Waals surface area contributed by atoms with E-state index in [-0.39, 0.29) is 18.4 Å². The van der Waals surface area contributed by atoms with Gasteiger partial charge in [-0.15, -0.1) is 0 Å². The zero-order valence-corrected chi connectivity index (χ0v) is 23.2.